The molecule has 0 saturated heterocycles. The van der Waals surface area contributed by atoms with Crippen LogP contribution in [-0.4, -0.2) is 19.1 Å². The first-order valence-electron chi connectivity index (χ1n) is 7.36. The fourth-order valence-electron chi connectivity index (χ4n) is 2.93. The summed E-state index contributed by atoms with van der Waals surface area (Å²) in [6.45, 7) is 6.21. The summed E-state index contributed by atoms with van der Waals surface area (Å²) in [5.74, 6) is 1.88. The molecule has 0 aromatic carbocycles. The lowest BCUT2D eigenvalue weighted by atomic mass is 9.74. The molecule has 18 heavy (non-hydrogen) atoms. The molecule has 1 aromatic rings. The zero-order valence-corrected chi connectivity index (χ0v) is 12.6. The molecule has 2 heteroatoms. The van der Waals surface area contributed by atoms with E-state index in [2.05, 4.69) is 23.3 Å². The Morgan fingerprint density at radius 2 is 1.94 bits per heavy atom. The van der Waals surface area contributed by atoms with Crippen LogP contribution in [0.5, 0.6) is 0 Å². The molecule has 0 bridgehead atoms. The van der Waals surface area contributed by atoms with E-state index in [0.717, 1.165) is 18.3 Å². The van der Waals surface area contributed by atoms with Crippen molar-refractivity contribution in [3.05, 3.63) is 29.1 Å². The van der Waals surface area contributed by atoms with E-state index in [1.807, 2.05) is 34.1 Å². The van der Waals surface area contributed by atoms with Gasteiger partial charge in [-0.05, 0) is 68.8 Å². The van der Waals surface area contributed by atoms with Crippen LogP contribution in [0, 0.1) is 5.92 Å². The number of aryl methyl sites for hydroxylation is 1. The molecule has 0 radical (unpaired) electrons. The molecule has 2 unspecified atom stereocenters. The van der Waals surface area contributed by atoms with E-state index in [1.165, 1.54) is 25.0 Å². The smallest absolute Gasteiger partial charge is 0.0435 e. The molecule has 2 aliphatic carbocycles. The predicted molar refractivity (Wildman–Crippen MR) is 79.1 cm³/mol. The zero-order chi connectivity index (χ0) is 13.5. The van der Waals surface area contributed by atoms with Crippen LogP contribution >= 0.6 is 0 Å². The molecule has 0 aliphatic heterocycles. The van der Waals surface area contributed by atoms with E-state index in [0.29, 0.717) is 0 Å². The summed E-state index contributed by atoms with van der Waals surface area (Å²) < 4.78 is 0. The molecule has 0 spiro atoms. The number of aromatic nitrogens is 1. The number of hydrogen-bond donors (Lipinski definition) is 1. The fraction of sp³-hybridized carbons (Fsp3) is 0.688. The summed E-state index contributed by atoms with van der Waals surface area (Å²) in [7, 11) is 3.75. The van der Waals surface area contributed by atoms with Crippen molar-refractivity contribution < 1.29 is 0 Å². The summed E-state index contributed by atoms with van der Waals surface area (Å²) in [6.07, 6.45) is 7.28. The quantitative estimate of drug-likeness (QED) is 0.822. The normalized spacial score (nSPS) is 22.5. The Bertz CT molecular complexity index is 360. The first-order valence-corrected chi connectivity index (χ1v) is 7.36. The molecule has 2 atom stereocenters. The highest BCUT2D eigenvalue weighted by Gasteiger charge is 2.39. The number of pyridine rings is 1. The van der Waals surface area contributed by atoms with Gasteiger partial charge >= 0.3 is 0 Å². The lowest BCUT2D eigenvalue weighted by Crippen LogP contribution is -2.18. The molecular weight excluding hydrogens is 220 g/mol. The van der Waals surface area contributed by atoms with Crippen molar-refractivity contribution in [2.75, 3.05) is 14.1 Å². The molecule has 1 fully saturated rings. The van der Waals surface area contributed by atoms with Crippen LogP contribution in [0.15, 0.2) is 12.3 Å². The van der Waals surface area contributed by atoms with E-state index < -0.39 is 0 Å². The number of rotatable bonds is 1. The van der Waals surface area contributed by atoms with E-state index in [-0.39, 0.29) is 0 Å². The fourth-order valence-corrected chi connectivity index (χ4v) is 2.93. The van der Waals surface area contributed by atoms with Gasteiger partial charge in [-0.3, -0.25) is 4.98 Å². The maximum atomic E-state index is 4.47. The standard InChI is InChI=1S/C12H15N.C2H7N.C2H6/c1-2-12-11-7-8-3-4-9(8)10(11)5-6-13-12;1-3-2;1-2/h5-6,8-9H,2-4,7H2,1H3;3H,1-2H3;1-2H3. The number of nitrogens with one attached hydrogen (secondary N) is 1. The van der Waals surface area contributed by atoms with Gasteiger partial charge in [0.1, 0.15) is 0 Å². The second-order valence-electron chi connectivity index (χ2n) is 4.83. The Morgan fingerprint density at radius 1 is 1.28 bits per heavy atom. The van der Waals surface area contributed by atoms with Crippen LogP contribution in [0.4, 0.5) is 0 Å². The van der Waals surface area contributed by atoms with Crippen LogP contribution in [0.25, 0.3) is 0 Å². The first-order chi connectivity index (χ1) is 8.81. The maximum Gasteiger partial charge on any atom is 0.0435 e. The van der Waals surface area contributed by atoms with E-state index in [4.69, 9.17) is 0 Å². The lowest BCUT2D eigenvalue weighted by Gasteiger charge is -2.30. The molecule has 1 N–H and O–H groups in total. The Balaban J connectivity index is 0.000000288. The minimum absolute atomic E-state index is 0.906. The van der Waals surface area contributed by atoms with Gasteiger partial charge in [0.05, 0.1) is 0 Å². The predicted octanol–water partition coefficient (Wildman–Crippen LogP) is 3.56. The minimum Gasteiger partial charge on any atom is -0.323 e. The highest BCUT2D eigenvalue weighted by atomic mass is 14.7. The molecule has 2 nitrogen and oxygen atoms in total. The Labute approximate surface area is 112 Å². The summed E-state index contributed by atoms with van der Waals surface area (Å²) >= 11 is 0. The second-order valence-corrected chi connectivity index (χ2v) is 4.83. The van der Waals surface area contributed by atoms with Crippen molar-refractivity contribution in [3.63, 3.8) is 0 Å². The van der Waals surface area contributed by atoms with Gasteiger partial charge in [0.25, 0.3) is 0 Å². The minimum atomic E-state index is 0.906. The van der Waals surface area contributed by atoms with Crippen LogP contribution in [0.1, 0.15) is 56.4 Å². The average molecular weight is 248 g/mol. The lowest BCUT2D eigenvalue weighted by molar-refractivity contribution is 0.280. The van der Waals surface area contributed by atoms with Crippen molar-refractivity contribution in [3.8, 4) is 0 Å². The highest BCUT2D eigenvalue weighted by Crippen LogP contribution is 2.51. The molecule has 102 valence electrons. The van der Waals surface area contributed by atoms with Gasteiger partial charge in [-0.15, -0.1) is 0 Å². The molecular formula is C16H28N2. The molecule has 1 saturated carbocycles. The molecule has 3 rings (SSSR count). The van der Waals surface area contributed by atoms with Crippen LogP contribution in [-0.2, 0) is 12.8 Å². The molecule has 1 aromatic heterocycles. The van der Waals surface area contributed by atoms with Gasteiger partial charge in [0, 0.05) is 11.9 Å². The van der Waals surface area contributed by atoms with Crippen molar-refractivity contribution >= 4 is 0 Å². The van der Waals surface area contributed by atoms with E-state index >= 15 is 0 Å². The Kier molecular flexibility index (Phi) is 6.34. The number of hydrogen-bond acceptors (Lipinski definition) is 2. The average Bonchev–Trinajstić information content (AvgIpc) is 2.63. The summed E-state index contributed by atoms with van der Waals surface area (Å²) in [6, 6.07) is 2.25. The number of fused-ring (bicyclic) bond motifs is 3. The van der Waals surface area contributed by atoms with Crippen LogP contribution in [0.2, 0.25) is 0 Å². The van der Waals surface area contributed by atoms with Crippen LogP contribution in [0.3, 0.4) is 0 Å². The van der Waals surface area contributed by atoms with Gasteiger partial charge < -0.3 is 5.32 Å². The summed E-state index contributed by atoms with van der Waals surface area (Å²) in [4.78, 5) is 4.47. The third-order valence-corrected chi connectivity index (χ3v) is 3.80. The van der Waals surface area contributed by atoms with Crippen molar-refractivity contribution in [2.45, 2.75) is 52.4 Å². The molecule has 2 aliphatic rings. The van der Waals surface area contributed by atoms with Gasteiger partial charge in [0.15, 0.2) is 0 Å². The highest BCUT2D eigenvalue weighted by molar-refractivity contribution is 5.40. The largest absolute Gasteiger partial charge is 0.323 e. The Hall–Kier alpha value is -0.890. The van der Waals surface area contributed by atoms with Gasteiger partial charge in [-0.2, -0.15) is 0 Å². The van der Waals surface area contributed by atoms with Crippen molar-refractivity contribution in [1.29, 1.82) is 0 Å². The summed E-state index contributed by atoms with van der Waals surface area (Å²) in [5, 5.41) is 2.75. The zero-order valence-electron chi connectivity index (χ0n) is 12.6. The van der Waals surface area contributed by atoms with Crippen molar-refractivity contribution in [1.82, 2.24) is 10.3 Å². The van der Waals surface area contributed by atoms with Crippen molar-refractivity contribution in [2.24, 2.45) is 5.92 Å². The third kappa shape index (κ3) is 2.92. The number of nitrogens with zero attached hydrogens (tertiary/aromatic N) is 1. The van der Waals surface area contributed by atoms with E-state index in [1.54, 1.807) is 11.1 Å². The molecule has 1 heterocycles. The van der Waals surface area contributed by atoms with Crippen LogP contribution < -0.4 is 5.32 Å². The topological polar surface area (TPSA) is 24.9 Å². The monoisotopic (exact) mass is 248 g/mol. The second kappa shape index (κ2) is 7.52. The Morgan fingerprint density at radius 3 is 2.44 bits per heavy atom. The first kappa shape index (κ1) is 15.2. The van der Waals surface area contributed by atoms with Gasteiger partial charge in [-0.1, -0.05) is 20.8 Å². The van der Waals surface area contributed by atoms with Gasteiger partial charge in [0.2, 0.25) is 0 Å². The maximum absolute atomic E-state index is 4.47. The van der Waals surface area contributed by atoms with Gasteiger partial charge in [-0.25, -0.2) is 0 Å². The third-order valence-electron chi connectivity index (χ3n) is 3.80. The SMILES string of the molecule is CC.CCc1nccc2c1CC1CCC21.CNC. The summed E-state index contributed by atoms with van der Waals surface area (Å²) in [5.41, 5.74) is 4.58. The molecule has 0 amide bonds. The van der Waals surface area contributed by atoms with E-state index in [9.17, 15) is 0 Å².